The summed E-state index contributed by atoms with van der Waals surface area (Å²) in [5.74, 6) is -0.359. The van der Waals surface area contributed by atoms with Gasteiger partial charge in [-0.3, -0.25) is 4.79 Å². The summed E-state index contributed by atoms with van der Waals surface area (Å²) < 4.78 is 5.17. The number of ether oxygens (including phenoxy) is 1. The SMILES string of the molecule is Cc1c(C(=O)N(C)C)sc(N)c1C(=O)OCC(C)C. The van der Waals surface area contributed by atoms with E-state index in [1.807, 2.05) is 13.8 Å². The van der Waals surface area contributed by atoms with Gasteiger partial charge in [-0.1, -0.05) is 13.8 Å². The second kappa shape index (κ2) is 6.06. The number of esters is 1. The number of nitrogens with two attached hydrogens (primary N) is 1. The van der Waals surface area contributed by atoms with Crippen molar-refractivity contribution in [2.75, 3.05) is 26.4 Å². The summed E-state index contributed by atoms with van der Waals surface area (Å²) in [4.78, 5) is 25.9. The van der Waals surface area contributed by atoms with Crippen LogP contribution < -0.4 is 5.73 Å². The van der Waals surface area contributed by atoms with Crippen molar-refractivity contribution in [2.24, 2.45) is 5.92 Å². The molecule has 0 unspecified atom stereocenters. The zero-order valence-corrected chi connectivity index (χ0v) is 12.8. The minimum absolute atomic E-state index is 0.155. The van der Waals surface area contributed by atoms with E-state index in [1.54, 1.807) is 21.0 Å². The summed E-state index contributed by atoms with van der Waals surface area (Å²) in [5, 5.41) is 0.330. The molecule has 0 bridgehead atoms. The maximum atomic E-state index is 12.0. The van der Waals surface area contributed by atoms with Gasteiger partial charge in [0.1, 0.15) is 5.00 Å². The number of thiophene rings is 1. The van der Waals surface area contributed by atoms with Gasteiger partial charge in [0.25, 0.3) is 5.91 Å². The van der Waals surface area contributed by atoms with Crippen LogP contribution in [0.2, 0.25) is 0 Å². The fraction of sp³-hybridized carbons (Fsp3) is 0.538. The molecule has 2 N–H and O–H groups in total. The van der Waals surface area contributed by atoms with E-state index in [-0.39, 0.29) is 11.8 Å². The molecule has 5 nitrogen and oxygen atoms in total. The number of nitrogen functional groups attached to an aromatic ring is 1. The third-order valence-corrected chi connectivity index (χ3v) is 3.64. The summed E-state index contributed by atoms with van der Waals surface area (Å²) in [6.45, 7) is 5.97. The van der Waals surface area contributed by atoms with E-state index < -0.39 is 5.97 Å². The highest BCUT2D eigenvalue weighted by Gasteiger charge is 2.25. The van der Waals surface area contributed by atoms with Crippen LogP contribution in [0.4, 0.5) is 5.00 Å². The number of hydrogen-bond donors (Lipinski definition) is 1. The Morgan fingerprint density at radius 3 is 2.42 bits per heavy atom. The van der Waals surface area contributed by atoms with E-state index in [2.05, 4.69) is 0 Å². The fourth-order valence-corrected chi connectivity index (χ4v) is 2.59. The molecule has 19 heavy (non-hydrogen) atoms. The number of rotatable bonds is 4. The Morgan fingerprint density at radius 2 is 1.95 bits per heavy atom. The molecule has 0 saturated carbocycles. The predicted molar refractivity (Wildman–Crippen MR) is 76.6 cm³/mol. The average molecular weight is 284 g/mol. The van der Waals surface area contributed by atoms with Gasteiger partial charge in [0.2, 0.25) is 0 Å². The first-order chi connectivity index (χ1) is 8.75. The van der Waals surface area contributed by atoms with Crippen LogP contribution in [-0.2, 0) is 4.74 Å². The molecule has 0 spiro atoms. The van der Waals surface area contributed by atoms with E-state index in [1.165, 1.54) is 4.90 Å². The lowest BCUT2D eigenvalue weighted by Crippen LogP contribution is -2.21. The number of nitrogens with zero attached hydrogens (tertiary/aromatic N) is 1. The van der Waals surface area contributed by atoms with E-state index >= 15 is 0 Å². The zero-order chi connectivity index (χ0) is 14.7. The smallest absolute Gasteiger partial charge is 0.341 e. The molecule has 1 rings (SSSR count). The van der Waals surface area contributed by atoms with Gasteiger partial charge >= 0.3 is 5.97 Å². The quantitative estimate of drug-likeness (QED) is 0.860. The Labute approximate surface area is 117 Å². The molecule has 1 amide bonds. The van der Waals surface area contributed by atoms with Crippen molar-refractivity contribution in [3.63, 3.8) is 0 Å². The summed E-state index contributed by atoms with van der Waals surface area (Å²) in [6, 6.07) is 0. The zero-order valence-electron chi connectivity index (χ0n) is 11.9. The van der Waals surface area contributed by atoms with Crippen molar-refractivity contribution in [1.29, 1.82) is 0 Å². The molecule has 0 aliphatic heterocycles. The van der Waals surface area contributed by atoms with Crippen LogP contribution >= 0.6 is 11.3 Å². The van der Waals surface area contributed by atoms with Crippen molar-refractivity contribution < 1.29 is 14.3 Å². The first-order valence-electron chi connectivity index (χ1n) is 6.03. The lowest BCUT2D eigenvalue weighted by Gasteiger charge is -2.10. The number of carbonyl (C=O) groups excluding carboxylic acids is 2. The monoisotopic (exact) mass is 284 g/mol. The standard InChI is InChI=1S/C13H20N2O3S/c1-7(2)6-18-13(17)9-8(3)10(19-11(9)14)12(16)15(4)5/h7H,6,14H2,1-5H3. The van der Waals surface area contributed by atoms with E-state index in [4.69, 9.17) is 10.5 Å². The van der Waals surface area contributed by atoms with Crippen LogP contribution in [0.25, 0.3) is 0 Å². The highest BCUT2D eigenvalue weighted by Crippen LogP contribution is 2.31. The van der Waals surface area contributed by atoms with Gasteiger partial charge in [-0.25, -0.2) is 4.79 Å². The molecule has 0 radical (unpaired) electrons. The molecule has 0 atom stereocenters. The fourth-order valence-electron chi connectivity index (χ4n) is 1.51. The van der Waals surface area contributed by atoms with Crippen LogP contribution in [0.3, 0.4) is 0 Å². The Kier molecular flexibility index (Phi) is 4.94. The van der Waals surface area contributed by atoms with E-state index in [0.717, 1.165) is 11.3 Å². The van der Waals surface area contributed by atoms with Gasteiger partial charge in [0.05, 0.1) is 17.0 Å². The topological polar surface area (TPSA) is 72.6 Å². The normalized spacial score (nSPS) is 10.6. The maximum absolute atomic E-state index is 12.0. The third-order valence-electron chi connectivity index (χ3n) is 2.53. The third kappa shape index (κ3) is 3.47. The van der Waals surface area contributed by atoms with Gasteiger partial charge in [-0.15, -0.1) is 11.3 Å². The second-order valence-electron chi connectivity index (χ2n) is 4.99. The molecule has 0 aliphatic carbocycles. The first kappa shape index (κ1) is 15.5. The molecule has 0 fully saturated rings. The summed E-state index contributed by atoms with van der Waals surface area (Å²) in [5.41, 5.74) is 6.74. The highest BCUT2D eigenvalue weighted by atomic mass is 32.1. The first-order valence-corrected chi connectivity index (χ1v) is 6.85. The Hall–Kier alpha value is -1.56. The summed E-state index contributed by atoms with van der Waals surface area (Å²) in [6.07, 6.45) is 0. The highest BCUT2D eigenvalue weighted by molar-refractivity contribution is 7.18. The molecule has 106 valence electrons. The Bertz CT molecular complexity index is 492. The summed E-state index contributed by atoms with van der Waals surface area (Å²) >= 11 is 1.13. The van der Waals surface area contributed by atoms with Gasteiger partial charge < -0.3 is 15.4 Å². The molecule has 1 aromatic rings. The van der Waals surface area contributed by atoms with Crippen molar-refractivity contribution in [1.82, 2.24) is 4.90 Å². The number of anilines is 1. The minimum Gasteiger partial charge on any atom is -0.462 e. The van der Waals surface area contributed by atoms with Crippen molar-refractivity contribution in [2.45, 2.75) is 20.8 Å². The molecular weight excluding hydrogens is 264 g/mol. The number of hydrogen-bond acceptors (Lipinski definition) is 5. The Balaban J connectivity index is 3.03. The van der Waals surface area contributed by atoms with Gasteiger partial charge in [-0.05, 0) is 18.4 Å². The summed E-state index contributed by atoms with van der Waals surface area (Å²) in [7, 11) is 3.32. The molecule has 1 heterocycles. The lowest BCUT2D eigenvalue weighted by atomic mass is 10.1. The minimum atomic E-state index is -0.460. The molecule has 0 aromatic carbocycles. The maximum Gasteiger partial charge on any atom is 0.341 e. The molecule has 0 aliphatic rings. The molecule has 6 heteroatoms. The molecular formula is C13H20N2O3S. The number of carbonyl (C=O) groups is 2. The molecule has 1 aromatic heterocycles. The van der Waals surface area contributed by atoms with Crippen molar-refractivity contribution in [3.05, 3.63) is 16.0 Å². The van der Waals surface area contributed by atoms with E-state index in [9.17, 15) is 9.59 Å². The van der Waals surface area contributed by atoms with Gasteiger partial charge in [-0.2, -0.15) is 0 Å². The van der Waals surface area contributed by atoms with Gasteiger partial charge in [0.15, 0.2) is 0 Å². The largest absolute Gasteiger partial charge is 0.462 e. The average Bonchev–Trinajstić information content (AvgIpc) is 2.60. The van der Waals surface area contributed by atoms with Crippen LogP contribution in [0.1, 0.15) is 39.4 Å². The predicted octanol–water partition coefficient (Wildman–Crippen LogP) is 2.15. The Morgan fingerprint density at radius 1 is 1.37 bits per heavy atom. The van der Waals surface area contributed by atoms with Crippen LogP contribution in [0.15, 0.2) is 0 Å². The van der Waals surface area contributed by atoms with Crippen LogP contribution in [-0.4, -0.2) is 37.5 Å². The second-order valence-corrected chi connectivity index (χ2v) is 6.04. The van der Waals surface area contributed by atoms with Crippen LogP contribution in [0.5, 0.6) is 0 Å². The van der Waals surface area contributed by atoms with E-state index in [0.29, 0.717) is 27.6 Å². The van der Waals surface area contributed by atoms with Gasteiger partial charge in [0, 0.05) is 14.1 Å². The van der Waals surface area contributed by atoms with Crippen LogP contribution in [0, 0.1) is 12.8 Å². The van der Waals surface area contributed by atoms with Crippen molar-refractivity contribution >= 4 is 28.2 Å². The lowest BCUT2D eigenvalue weighted by molar-refractivity contribution is 0.0460. The van der Waals surface area contributed by atoms with Crippen molar-refractivity contribution in [3.8, 4) is 0 Å². The number of amides is 1. The molecule has 0 saturated heterocycles.